The molecule has 9 atom stereocenters. The van der Waals surface area contributed by atoms with Gasteiger partial charge in [0.2, 0.25) is 6.54 Å². The summed E-state index contributed by atoms with van der Waals surface area (Å²) in [5.74, 6) is 0. The summed E-state index contributed by atoms with van der Waals surface area (Å²) >= 11 is 0. The van der Waals surface area contributed by atoms with Crippen LogP contribution in [0.15, 0.2) is 0 Å². The predicted molar refractivity (Wildman–Crippen MR) is 186 cm³/mol. The van der Waals surface area contributed by atoms with E-state index in [1.807, 2.05) is 0 Å². The summed E-state index contributed by atoms with van der Waals surface area (Å²) in [6, 6.07) is 0. The average molecular weight is 894 g/mol. The number of hydrogen-bond acceptors (Lipinski definition) is 26. The molecule has 0 bridgehead atoms. The van der Waals surface area contributed by atoms with Crippen LogP contribution < -0.4 is 0 Å². The van der Waals surface area contributed by atoms with Gasteiger partial charge < -0.3 is 89.9 Å². The van der Waals surface area contributed by atoms with Gasteiger partial charge in [0.25, 0.3) is 10.2 Å². The maximum atomic E-state index is 10.1. The number of nitro groups is 1. The summed E-state index contributed by atoms with van der Waals surface area (Å²) in [6.45, 7) is 0.884. The minimum Gasteiger partial charge on any atom is -0.394 e. The van der Waals surface area contributed by atoms with Crippen molar-refractivity contribution in [2.24, 2.45) is 0 Å². The molecule has 354 valence electrons. The lowest BCUT2D eigenvalue weighted by Crippen LogP contribution is -2.49. The van der Waals surface area contributed by atoms with E-state index in [-0.39, 0.29) is 51.8 Å². The maximum absolute atomic E-state index is 10.1. The molecule has 0 aromatic heterocycles. The van der Waals surface area contributed by atoms with Crippen LogP contribution in [0.5, 0.6) is 0 Å². The SMILES string of the molecule is CC(O)C(O)C(O)C(O)C(O)CO.FB(F)F.O=O.O=[N+]([O-])CC(O)COCCCCOCC(O)CO[N+](=O)[O-].O=[N+]([O-])OCC1CO1.OCC(O)CO.OCC1CO1. The van der Waals surface area contributed by atoms with Gasteiger partial charge in [-0.15, -0.1) is 20.2 Å². The van der Waals surface area contributed by atoms with Gasteiger partial charge in [0.1, 0.15) is 68.1 Å². The van der Waals surface area contributed by atoms with Crippen LogP contribution in [0.2, 0.25) is 0 Å². The second-order valence-corrected chi connectivity index (χ2v) is 11.0. The van der Waals surface area contributed by atoms with Gasteiger partial charge in [-0.2, -0.15) is 0 Å². The molecular formula is C26H55BF3N3O26. The van der Waals surface area contributed by atoms with Crippen LogP contribution in [0, 0.1) is 40.3 Å². The van der Waals surface area contributed by atoms with Crippen molar-refractivity contribution in [3.63, 3.8) is 0 Å². The molecule has 0 aromatic rings. The van der Waals surface area contributed by atoms with Gasteiger partial charge in [-0.1, -0.05) is 0 Å². The van der Waals surface area contributed by atoms with E-state index in [0.29, 0.717) is 32.7 Å². The zero-order valence-electron chi connectivity index (χ0n) is 31.5. The van der Waals surface area contributed by atoms with Crippen molar-refractivity contribution >= 4 is 7.54 Å². The van der Waals surface area contributed by atoms with Gasteiger partial charge in [-0.3, -0.25) is 23.1 Å². The second kappa shape index (κ2) is 44.2. The Kier molecular flexibility index (Phi) is 48.5. The van der Waals surface area contributed by atoms with E-state index in [9.17, 15) is 48.4 Å². The van der Waals surface area contributed by atoms with Gasteiger partial charge in [0.15, 0.2) is 0 Å². The van der Waals surface area contributed by atoms with Gasteiger partial charge in [-0.05, 0) is 19.8 Å². The standard InChI is InChI=1S/C10H20N2O9.C7H16O6.C3H5NO4.C3H8O3.C3H6O2.BF3.O2/c13-9(5-11(15)16)6-19-3-1-2-4-20-7-10(14)8-21-12(17)18;1-3(9)5(11)7(13)6(12)4(10)2-8;5-4(6)8-2-3-1-7-3;4-1-3(6)2-5;4-1-3-2-5-3;2-1(3)4;1-2/h9-10,13-14H,1-8H2;3-13H,2H2,1H3;3H,1-2H2;3-6H,1-2H2;3-4H,1-2H2;;. The molecule has 0 aliphatic carbocycles. The van der Waals surface area contributed by atoms with Gasteiger partial charge in [-0.25, -0.2) is 0 Å². The van der Waals surface area contributed by atoms with Crippen LogP contribution >= 0.6 is 0 Å². The first-order chi connectivity index (χ1) is 27.6. The fourth-order valence-electron chi connectivity index (χ4n) is 2.63. The van der Waals surface area contributed by atoms with Gasteiger partial charge >= 0.3 is 7.54 Å². The topological polar surface area (TPSA) is 468 Å². The lowest BCUT2D eigenvalue weighted by atomic mass is 10.0. The van der Waals surface area contributed by atoms with Gasteiger partial charge in [0.05, 0.1) is 59.0 Å². The molecule has 9 unspecified atom stereocenters. The largest absolute Gasteiger partial charge is 0.762 e. The molecule has 2 rings (SSSR count). The molecular weight excluding hydrogens is 838 g/mol. The molecule has 2 aliphatic rings. The van der Waals surface area contributed by atoms with Crippen LogP contribution in [-0.2, 0) is 28.6 Å². The lowest BCUT2D eigenvalue weighted by molar-refractivity contribution is -0.759. The Hall–Kier alpha value is -3.39. The second-order valence-electron chi connectivity index (χ2n) is 11.0. The number of halogens is 3. The summed E-state index contributed by atoms with van der Waals surface area (Å²) in [7, 11) is -3.67. The molecule has 2 fully saturated rings. The average Bonchev–Trinajstić information content (AvgIpc) is 4.12. The summed E-state index contributed by atoms with van der Waals surface area (Å²) in [5.41, 5.74) is 0. The van der Waals surface area contributed by atoms with Crippen molar-refractivity contribution in [2.45, 2.75) is 80.8 Å². The first kappa shape index (κ1) is 64.8. The van der Waals surface area contributed by atoms with Gasteiger partial charge in [0, 0.05) is 28.1 Å². The monoisotopic (exact) mass is 893 g/mol. The molecule has 0 amide bonds. The number of rotatable bonds is 25. The number of epoxide rings is 2. The third-order valence-corrected chi connectivity index (χ3v) is 5.75. The zero-order chi connectivity index (χ0) is 46.9. The third-order valence-electron chi connectivity index (χ3n) is 5.75. The third kappa shape index (κ3) is 56.8. The Balaban J connectivity index is -0.000000217. The van der Waals surface area contributed by atoms with Crippen molar-refractivity contribution in [2.75, 3.05) is 85.8 Å². The Morgan fingerprint density at radius 2 is 1.08 bits per heavy atom. The number of ether oxygens (including phenoxy) is 4. The van der Waals surface area contributed by atoms with Crippen LogP contribution in [0.3, 0.4) is 0 Å². The molecule has 2 aliphatic heterocycles. The molecule has 0 saturated carbocycles. The zero-order valence-corrected chi connectivity index (χ0v) is 31.5. The first-order valence-electron chi connectivity index (χ1n) is 16.6. The minimum atomic E-state index is -3.67. The van der Waals surface area contributed by atoms with Crippen molar-refractivity contribution in [3.05, 3.63) is 40.3 Å². The van der Waals surface area contributed by atoms with Crippen LogP contribution in [-0.4, -0.2) is 231 Å². The van der Waals surface area contributed by atoms with E-state index in [0.717, 1.165) is 6.61 Å². The quantitative estimate of drug-likeness (QED) is 0.0133. The van der Waals surface area contributed by atoms with Crippen LogP contribution in [0.4, 0.5) is 12.9 Å². The predicted octanol–water partition coefficient (Wildman–Crippen LogP) is -5.94. The normalized spacial score (nSPS) is 17.8. The highest BCUT2D eigenvalue weighted by Gasteiger charge is 2.32. The summed E-state index contributed by atoms with van der Waals surface area (Å²) in [4.78, 5) is 50.7. The van der Waals surface area contributed by atoms with E-state index in [1.165, 1.54) is 6.92 Å². The molecule has 33 heteroatoms. The molecule has 59 heavy (non-hydrogen) atoms. The van der Waals surface area contributed by atoms with Crippen molar-refractivity contribution in [1.29, 1.82) is 0 Å². The van der Waals surface area contributed by atoms with Crippen molar-refractivity contribution in [1.82, 2.24) is 0 Å². The van der Waals surface area contributed by atoms with Crippen LogP contribution in [0.25, 0.3) is 0 Å². The summed E-state index contributed by atoms with van der Waals surface area (Å²) in [6.07, 6.45) is -9.44. The molecule has 29 nitrogen and oxygen atoms in total. The van der Waals surface area contributed by atoms with Crippen LogP contribution in [0.1, 0.15) is 19.8 Å². The summed E-state index contributed by atoms with van der Waals surface area (Å²) in [5, 5.41) is 131. The number of aliphatic hydroxyl groups excluding tert-OH is 12. The number of aliphatic hydroxyl groups is 12. The smallest absolute Gasteiger partial charge is 0.394 e. The van der Waals surface area contributed by atoms with Crippen molar-refractivity contribution in [3.8, 4) is 0 Å². The fraction of sp³-hybridized carbons (Fsp3) is 1.00. The van der Waals surface area contributed by atoms with E-state index in [2.05, 4.69) is 19.1 Å². The highest BCUT2D eigenvalue weighted by molar-refractivity contribution is 6.33. The highest BCUT2D eigenvalue weighted by atomic mass is 19.4. The summed E-state index contributed by atoms with van der Waals surface area (Å²) < 4.78 is 48.3. The lowest BCUT2D eigenvalue weighted by Gasteiger charge is -2.26. The van der Waals surface area contributed by atoms with E-state index in [4.69, 9.17) is 75.6 Å². The Labute approximate surface area is 332 Å². The van der Waals surface area contributed by atoms with E-state index in [1.54, 1.807) is 0 Å². The number of unbranched alkanes of at least 4 members (excludes halogenated alkanes) is 1. The Morgan fingerprint density at radius 1 is 0.661 bits per heavy atom. The highest BCUT2D eigenvalue weighted by Crippen LogP contribution is 2.09. The Bertz CT molecular complexity index is 966. The molecule has 12 N–H and O–H groups in total. The fourth-order valence-corrected chi connectivity index (χ4v) is 2.63. The number of nitrogens with zero attached hydrogens (tertiary/aromatic N) is 3. The molecule has 2 saturated heterocycles. The maximum Gasteiger partial charge on any atom is 0.762 e. The van der Waals surface area contributed by atoms with Crippen molar-refractivity contribution < 1.29 is 118 Å². The van der Waals surface area contributed by atoms with E-state index >= 15 is 0 Å². The molecule has 0 radical (unpaired) electrons. The number of hydrogen-bond donors (Lipinski definition) is 12. The Morgan fingerprint density at radius 3 is 1.37 bits per heavy atom. The molecule has 2 heterocycles. The molecule has 0 spiro atoms. The van der Waals surface area contributed by atoms with E-state index < -0.39 is 91.2 Å². The molecule has 0 aromatic carbocycles. The minimum absolute atomic E-state index is 0.0274. The first-order valence-corrected chi connectivity index (χ1v) is 16.6.